The number of carbonyl (C=O) groups is 2. The first-order valence-corrected chi connectivity index (χ1v) is 8.91. The van der Waals surface area contributed by atoms with Crippen LogP contribution in [0.2, 0.25) is 0 Å². The first-order valence-electron chi connectivity index (χ1n) is 8.91. The van der Waals surface area contributed by atoms with Crippen LogP contribution in [0.15, 0.2) is 59.1 Å². The van der Waals surface area contributed by atoms with E-state index in [4.69, 9.17) is 9.26 Å². The van der Waals surface area contributed by atoms with Crippen LogP contribution in [0.1, 0.15) is 44.7 Å². The maximum absolute atomic E-state index is 12.3. The van der Waals surface area contributed by atoms with Gasteiger partial charge in [0.05, 0.1) is 5.69 Å². The molecule has 0 spiro atoms. The van der Waals surface area contributed by atoms with Crippen LogP contribution in [0, 0.1) is 6.92 Å². The maximum atomic E-state index is 12.3. The average molecular weight is 379 g/mol. The van der Waals surface area contributed by atoms with Crippen LogP contribution in [0.5, 0.6) is 5.75 Å². The van der Waals surface area contributed by atoms with E-state index in [1.807, 2.05) is 37.3 Å². The molecule has 144 valence electrons. The van der Waals surface area contributed by atoms with Crippen LogP contribution >= 0.6 is 0 Å². The zero-order valence-corrected chi connectivity index (χ0v) is 15.7. The van der Waals surface area contributed by atoms with Crippen molar-refractivity contribution in [3.8, 4) is 5.75 Å². The molecule has 0 saturated heterocycles. The normalized spacial score (nSPS) is 10.4. The van der Waals surface area contributed by atoms with Crippen molar-refractivity contribution in [2.45, 2.75) is 26.9 Å². The van der Waals surface area contributed by atoms with Crippen LogP contribution in [-0.4, -0.2) is 17.0 Å². The Labute approximate surface area is 162 Å². The van der Waals surface area contributed by atoms with Crippen molar-refractivity contribution in [1.82, 2.24) is 16.0 Å². The number of nitrogens with one attached hydrogen (secondary N) is 2. The predicted molar refractivity (Wildman–Crippen MR) is 103 cm³/mol. The standard InChI is InChI=1S/C21H21N3O4/c1-3-18-19(14(2)28-24-18)21(26)23-22-20(25)16-11-9-15(10-12-16)13-27-17-7-5-4-6-8-17/h4-12H,3,13H2,1-2H3,(H,22,25)(H,23,26). The predicted octanol–water partition coefficient (Wildman–Crippen LogP) is 3.20. The van der Waals surface area contributed by atoms with Gasteiger partial charge in [-0.15, -0.1) is 0 Å². The number of rotatable bonds is 6. The zero-order chi connectivity index (χ0) is 19.9. The molecule has 0 aliphatic rings. The van der Waals surface area contributed by atoms with E-state index in [2.05, 4.69) is 16.0 Å². The molecule has 0 aliphatic heterocycles. The number of aromatic nitrogens is 1. The highest BCUT2D eigenvalue weighted by Gasteiger charge is 2.19. The summed E-state index contributed by atoms with van der Waals surface area (Å²) in [6, 6.07) is 16.5. The molecule has 0 fully saturated rings. The van der Waals surface area contributed by atoms with E-state index in [1.54, 1.807) is 31.2 Å². The summed E-state index contributed by atoms with van der Waals surface area (Å²) in [5, 5.41) is 3.83. The van der Waals surface area contributed by atoms with Gasteiger partial charge in [-0.2, -0.15) is 0 Å². The highest BCUT2D eigenvalue weighted by Crippen LogP contribution is 2.14. The summed E-state index contributed by atoms with van der Waals surface area (Å²) in [5.41, 5.74) is 7.04. The Bertz CT molecular complexity index is 950. The fourth-order valence-electron chi connectivity index (χ4n) is 2.63. The minimum Gasteiger partial charge on any atom is -0.489 e. The Hall–Kier alpha value is -3.61. The van der Waals surface area contributed by atoms with E-state index in [0.29, 0.717) is 35.6 Å². The highest BCUT2D eigenvalue weighted by molar-refractivity contribution is 6.00. The summed E-state index contributed by atoms with van der Waals surface area (Å²) >= 11 is 0. The van der Waals surface area contributed by atoms with Gasteiger partial charge in [0.25, 0.3) is 11.8 Å². The molecule has 0 saturated carbocycles. The van der Waals surface area contributed by atoms with Gasteiger partial charge >= 0.3 is 0 Å². The van der Waals surface area contributed by atoms with E-state index in [1.165, 1.54) is 0 Å². The molecular weight excluding hydrogens is 358 g/mol. The van der Waals surface area contributed by atoms with Gasteiger partial charge in [0.2, 0.25) is 0 Å². The van der Waals surface area contributed by atoms with Crippen LogP contribution in [-0.2, 0) is 13.0 Å². The number of hydrogen-bond donors (Lipinski definition) is 2. The lowest BCUT2D eigenvalue weighted by atomic mass is 10.1. The van der Waals surface area contributed by atoms with E-state index in [9.17, 15) is 9.59 Å². The van der Waals surface area contributed by atoms with Gasteiger partial charge < -0.3 is 9.26 Å². The molecule has 2 aromatic carbocycles. The summed E-state index contributed by atoms with van der Waals surface area (Å²) in [5.74, 6) is 0.307. The Morgan fingerprint density at radius 3 is 2.36 bits per heavy atom. The number of aryl methyl sites for hydroxylation is 2. The Morgan fingerprint density at radius 1 is 1.00 bits per heavy atom. The summed E-state index contributed by atoms with van der Waals surface area (Å²) in [6.45, 7) is 3.92. The summed E-state index contributed by atoms with van der Waals surface area (Å²) in [7, 11) is 0. The summed E-state index contributed by atoms with van der Waals surface area (Å²) < 4.78 is 10.7. The van der Waals surface area contributed by atoms with Crippen molar-refractivity contribution in [2.24, 2.45) is 0 Å². The van der Waals surface area contributed by atoms with Gasteiger partial charge in [-0.1, -0.05) is 42.4 Å². The molecule has 0 atom stereocenters. The van der Waals surface area contributed by atoms with E-state index < -0.39 is 11.8 Å². The summed E-state index contributed by atoms with van der Waals surface area (Å²) in [6.07, 6.45) is 0.556. The molecule has 0 unspecified atom stereocenters. The molecule has 7 heteroatoms. The van der Waals surface area contributed by atoms with Crippen LogP contribution in [0.25, 0.3) is 0 Å². The molecule has 3 rings (SSSR count). The second-order valence-corrected chi connectivity index (χ2v) is 6.12. The third-order valence-electron chi connectivity index (χ3n) is 4.15. The zero-order valence-electron chi connectivity index (χ0n) is 15.7. The first kappa shape index (κ1) is 19.2. The van der Waals surface area contributed by atoms with Crippen molar-refractivity contribution in [2.75, 3.05) is 0 Å². The summed E-state index contributed by atoms with van der Waals surface area (Å²) in [4.78, 5) is 24.5. The van der Waals surface area contributed by atoms with Crippen molar-refractivity contribution in [3.05, 3.63) is 82.7 Å². The van der Waals surface area contributed by atoms with E-state index in [0.717, 1.165) is 11.3 Å². The SMILES string of the molecule is CCc1noc(C)c1C(=O)NNC(=O)c1ccc(COc2ccccc2)cc1. The molecule has 2 amide bonds. The van der Waals surface area contributed by atoms with Crippen LogP contribution in [0.4, 0.5) is 0 Å². The monoisotopic (exact) mass is 379 g/mol. The molecule has 28 heavy (non-hydrogen) atoms. The van der Waals surface area contributed by atoms with Gasteiger partial charge in [0, 0.05) is 5.56 Å². The molecular formula is C21H21N3O4. The quantitative estimate of drug-likeness (QED) is 0.642. The Kier molecular flexibility index (Phi) is 6.06. The molecule has 1 heterocycles. The van der Waals surface area contributed by atoms with Gasteiger partial charge in [0.1, 0.15) is 23.7 Å². The van der Waals surface area contributed by atoms with Gasteiger partial charge in [-0.05, 0) is 43.2 Å². The molecule has 0 radical (unpaired) electrons. The smallest absolute Gasteiger partial charge is 0.275 e. The Balaban J connectivity index is 1.54. The lowest BCUT2D eigenvalue weighted by molar-refractivity contribution is 0.0845. The fraction of sp³-hybridized carbons (Fsp3) is 0.190. The van der Waals surface area contributed by atoms with Gasteiger partial charge in [-0.3, -0.25) is 20.4 Å². The molecule has 0 bridgehead atoms. The molecule has 3 aromatic rings. The topological polar surface area (TPSA) is 93.5 Å². The lowest BCUT2D eigenvalue weighted by Gasteiger charge is -2.09. The number of nitrogens with zero attached hydrogens (tertiary/aromatic N) is 1. The van der Waals surface area contributed by atoms with Gasteiger partial charge in [-0.25, -0.2) is 0 Å². The second-order valence-electron chi connectivity index (χ2n) is 6.12. The van der Waals surface area contributed by atoms with Crippen molar-refractivity contribution in [3.63, 3.8) is 0 Å². The highest BCUT2D eigenvalue weighted by atomic mass is 16.5. The van der Waals surface area contributed by atoms with Crippen molar-refractivity contribution < 1.29 is 18.8 Å². The number of amides is 2. The minimum absolute atomic E-state index is 0.344. The van der Waals surface area contributed by atoms with E-state index >= 15 is 0 Å². The molecule has 1 aromatic heterocycles. The number of carbonyl (C=O) groups excluding carboxylic acids is 2. The fourth-order valence-corrected chi connectivity index (χ4v) is 2.63. The van der Waals surface area contributed by atoms with Crippen molar-refractivity contribution in [1.29, 1.82) is 0 Å². The number of ether oxygens (including phenoxy) is 1. The number of hydrogen-bond acceptors (Lipinski definition) is 5. The Morgan fingerprint density at radius 2 is 1.68 bits per heavy atom. The van der Waals surface area contributed by atoms with E-state index in [-0.39, 0.29) is 0 Å². The molecule has 2 N–H and O–H groups in total. The molecule has 0 aliphatic carbocycles. The third-order valence-corrected chi connectivity index (χ3v) is 4.15. The van der Waals surface area contributed by atoms with Gasteiger partial charge in [0.15, 0.2) is 0 Å². The first-order chi connectivity index (χ1) is 13.6. The second kappa shape index (κ2) is 8.85. The number of benzene rings is 2. The minimum atomic E-state index is -0.461. The van der Waals surface area contributed by atoms with Crippen LogP contribution < -0.4 is 15.6 Å². The average Bonchev–Trinajstić information content (AvgIpc) is 3.12. The maximum Gasteiger partial charge on any atom is 0.275 e. The number of hydrazine groups is 1. The molecule has 7 nitrogen and oxygen atoms in total. The number of para-hydroxylation sites is 1. The van der Waals surface area contributed by atoms with Crippen molar-refractivity contribution >= 4 is 11.8 Å². The largest absolute Gasteiger partial charge is 0.489 e. The lowest BCUT2D eigenvalue weighted by Crippen LogP contribution is -2.42. The third kappa shape index (κ3) is 4.56. The van der Waals surface area contributed by atoms with Crippen LogP contribution in [0.3, 0.4) is 0 Å².